The van der Waals surface area contributed by atoms with Crippen molar-refractivity contribution in [2.75, 3.05) is 11.9 Å². The average Bonchev–Trinajstić information content (AvgIpc) is 3.23. The second-order valence-electron chi connectivity index (χ2n) is 6.10. The van der Waals surface area contributed by atoms with Gasteiger partial charge in [-0.1, -0.05) is 25.1 Å². The van der Waals surface area contributed by atoms with Gasteiger partial charge in [-0.05, 0) is 42.3 Å². The maximum absolute atomic E-state index is 12.1. The molecule has 0 radical (unpaired) electrons. The Morgan fingerprint density at radius 2 is 1.79 bits per heavy atom. The van der Waals surface area contributed by atoms with E-state index < -0.39 is 23.4 Å². The molecule has 0 saturated carbocycles. The van der Waals surface area contributed by atoms with Crippen LogP contribution in [0.25, 0.3) is 11.3 Å². The Balaban J connectivity index is 1.59. The molecule has 0 spiro atoms. The van der Waals surface area contributed by atoms with Crippen molar-refractivity contribution in [1.82, 2.24) is 0 Å². The van der Waals surface area contributed by atoms with Gasteiger partial charge in [-0.3, -0.25) is 14.9 Å². The molecule has 3 aromatic rings. The van der Waals surface area contributed by atoms with Crippen LogP contribution in [0.3, 0.4) is 0 Å². The number of rotatable bonds is 7. The number of furan rings is 1. The number of nitrogens with zero attached hydrogens (tertiary/aromatic N) is 1. The highest BCUT2D eigenvalue weighted by atomic mass is 16.6. The Morgan fingerprint density at radius 1 is 1.07 bits per heavy atom. The predicted octanol–water partition coefficient (Wildman–Crippen LogP) is 4.21. The number of carbonyl (C=O) groups excluding carboxylic acids is 2. The molecule has 0 atom stereocenters. The van der Waals surface area contributed by atoms with Crippen LogP contribution in [0.4, 0.5) is 11.4 Å². The fourth-order valence-electron chi connectivity index (χ4n) is 2.69. The van der Waals surface area contributed by atoms with Crippen molar-refractivity contribution in [3.8, 4) is 11.3 Å². The van der Waals surface area contributed by atoms with Gasteiger partial charge in [-0.15, -0.1) is 0 Å². The van der Waals surface area contributed by atoms with E-state index in [9.17, 15) is 19.7 Å². The zero-order valence-corrected chi connectivity index (χ0v) is 15.6. The van der Waals surface area contributed by atoms with Crippen LogP contribution < -0.4 is 5.32 Å². The van der Waals surface area contributed by atoms with Crippen LogP contribution >= 0.6 is 0 Å². The number of non-ortho nitro benzene ring substituents is 1. The fraction of sp³-hybridized carbons (Fsp3) is 0.143. The molecular formula is C21H18N2O6. The molecule has 1 heterocycles. The predicted molar refractivity (Wildman–Crippen MR) is 106 cm³/mol. The van der Waals surface area contributed by atoms with Crippen molar-refractivity contribution < 1.29 is 23.7 Å². The van der Waals surface area contributed by atoms with E-state index in [2.05, 4.69) is 5.32 Å². The highest BCUT2D eigenvalue weighted by Gasteiger charge is 2.16. The van der Waals surface area contributed by atoms with Gasteiger partial charge in [-0.25, -0.2) is 4.79 Å². The molecule has 0 aliphatic carbocycles. The summed E-state index contributed by atoms with van der Waals surface area (Å²) in [5.74, 6) is -0.952. The number of nitrogens with one attached hydrogen (secondary N) is 1. The number of benzene rings is 2. The molecule has 1 aromatic heterocycles. The Kier molecular flexibility index (Phi) is 6.03. The molecule has 1 amide bonds. The SMILES string of the molecule is CCc1ccccc1NC(=O)COC(=O)c1ccc(-c2ccc([N+](=O)[O-])cc2)o1. The Morgan fingerprint density at radius 3 is 2.48 bits per heavy atom. The third-order valence-corrected chi connectivity index (χ3v) is 4.18. The van der Waals surface area contributed by atoms with E-state index in [1.807, 2.05) is 25.1 Å². The number of esters is 1. The lowest BCUT2D eigenvalue weighted by Crippen LogP contribution is -2.21. The normalized spacial score (nSPS) is 10.4. The van der Waals surface area contributed by atoms with Gasteiger partial charge in [0.2, 0.25) is 5.76 Å². The molecular weight excluding hydrogens is 376 g/mol. The largest absolute Gasteiger partial charge is 0.450 e. The van der Waals surface area contributed by atoms with E-state index in [1.165, 1.54) is 30.3 Å². The summed E-state index contributed by atoms with van der Waals surface area (Å²) in [6.07, 6.45) is 0.758. The van der Waals surface area contributed by atoms with Gasteiger partial charge in [0, 0.05) is 23.4 Å². The third kappa shape index (κ3) is 4.86. The number of hydrogen-bond donors (Lipinski definition) is 1. The van der Waals surface area contributed by atoms with Crippen molar-refractivity contribution in [1.29, 1.82) is 0 Å². The van der Waals surface area contributed by atoms with Crippen molar-refractivity contribution >= 4 is 23.3 Å². The lowest BCUT2D eigenvalue weighted by Gasteiger charge is -2.09. The van der Waals surface area contributed by atoms with E-state index in [-0.39, 0.29) is 11.4 Å². The van der Waals surface area contributed by atoms with E-state index >= 15 is 0 Å². The molecule has 3 rings (SSSR count). The summed E-state index contributed by atoms with van der Waals surface area (Å²) in [6, 6.07) is 16.1. The van der Waals surface area contributed by atoms with Crippen LogP contribution in [0.2, 0.25) is 0 Å². The number of hydrogen-bond acceptors (Lipinski definition) is 6. The van der Waals surface area contributed by atoms with Crippen LogP contribution in [-0.2, 0) is 16.0 Å². The molecule has 148 valence electrons. The van der Waals surface area contributed by atoms with Crippen LogP contribution in [0.5, 0.6) is 0 Å². The lowest BCUT2D eigenvalue weighted by molar-refractivity contribution is -0.384. The van der Waals surface area contributed by atoms with Crippen molar-refractivity contribution in [2.24, 2.45) is 0 Å². The summed E-state index contributed by atoms with van der Waals surface area (Å²) in [7, 11) is 0. The summed E-state index contributed by atoms with van der Waals surface area (Å²) in [4.78, 5) is 34.4. The van der Waals surface area contributed by atoms with Gasteiger partial charge in [0.15, 0.2) is 6.61 Å². The van der Waals surface area contributed by atoms with Crippen LogP contribution in [0.15, 0.2) is 65.1 Å². The highest BCUT2D eigenvalue weighted by Crippen LogP contribution is 2.25. The molecule has 8 heteroatoms. The highest BCUT2D eigenvalue weighted by molar-refractivity contribution is 5.95. The number of aryl methyl sites for hydroxylation is 1. The first-order valence-corrected chi connectivity index (χ1v) is 8.87. The first-order valence-electron chi connectivity index (χ1n) is 8.87. The van der Waals surface area contributed by atoms with Crippen LogP contribution in [0, 0.1) is 10.1 Å². The van der Waals surface area contributed by atoms with Gasteiger partial charge in [0.25, 0.3) is 11.6 Å². The van der Waals surface area contributed by atoms with Gasteiger partial charge in [0.1, 0.15) is 5.76 Å². The zero-order chi connectivity index (χ0) is 20.8. The molecule has 29 heavy (non-hydrogen) atoms. The van der Waals surface area contributed by atoms with Gasteiger partial charge >= 0.3 is 5.97 Å². The lowest BCUT2D eigenvalue weighted by atomic mass is 10.1. The second kappa shape index (κ2) is 8.83. The average molecular weight is 394 g/mol. The molecule has 0 unspecified atom stereocenters. The molecule has 2 aromatic carbocycles. The third-order valence-electron chi connectivity index (χ3n) is 4.18. The number of para-hydroxylation sites is 1. The first-order chi connectivity index (χ1) is 14.0. The quantitative estimate of drug-likeness (QED) is 0.365. The summed E-state index contributed by atoms with van der Waals surface area (Å²) in [5.41, 5.74) is 2.18. The van der Waals surface area contributed by atoms with Crippen molar-refractivity contribution in [3.05, 3.63) is 82.1 Å². The summed E-state index contributed by atoms with van der Waals surface area (Å²) in [6.45, 7) is 1.52. The molecule has 0 aliphatic heterocycles. The van der Waals surface area contributed by atoms with Crippen molar-refractivity contribution in [3.63, 3.8) is 0 Å². The second-order valence-corrected chi connectivity index (χ2v) is 6.10. The number of anilines is 1. The maximum atomic E-state index is 12.1. The summed E-state index contributed by atoms with van der Waals surface area (Å²) < 4.78 is 10.4. The molecule has 8 nitrogen and oxygen atoms in total. The van der Waals surface area contributed by atoms with Crippen LogP contribution in [-0.4, -0.2) is 23.4 Å². The van der Waals surface area contributed by atoms with Gasteiger partial charge in [-0.2, -0.15) is 0 Å². The summed E-state index contributed by atoms with van der Waals surface area (Å²) >= 11 is 0. The van der Waals surface area contributed by atoms with E-state index in [4.69, 9.17) is 9.15 Å². The topological polar surface area (TPSA) is 112 Å². The van der Waals surface area contributed by atoms with E-state index in [0.29, 0.717) is 17.0 Å². The minimum absolute atomic E-state index is 0.0457. The molecule has 0 saturated heterocycles. The number of amides is 1. The number of carbonyl (C=O) groups is 2. The molecule has 0 bridgehead atoms. The monoisotopic (exact) mass is 394 g/mol. The number of ether oxygens (including phenoxy) is 1. The van der Waals surface area contributed by atoms with Crippen molar-refractivity contribution in [2.45, 2.75) is 13.3 Å². The number of nitro benzene ring substituents is 1. The first kappa shape index (κ1) is 19.8. The molecule has 1 N–H and O–H groups in total. The van der Waals surface area contributed by atoms with Crippen LogP contribution in [0.1, 0.15) is 23.0 Å². The number of nitro groups is 1. The molecule has 0 aliphatic rings. The van der Waals surface area contributed by atoms with E-state index in [0.717, 1.165) is 12.0 Å². The standard InChI is InChI=1S/C21H18N2O6/c1-2-14-5-3-4-6-17(14)22-20(24)13-28-21(25)19-12-11-18(29-19)15-7-9-16(10-8-15)23(26)27/h3-12H,2,13H2,1H3,(H,22,24). The smallest absolute Gasteiger partial charge is 0.374 e. The van der Waals surface area contributed by atoms with Gasteiger partial charge in [0.05, 0.1) is 4.92 Å². The zero-order valence-electron chi connectivity index (χ0n) is 15.6. The Hall–Kier alpha value is -3.94. The minimum Gasteiger partial charge on any atom is -0.450 e. The molecule has 0 fully saturated rings. The minimum atomic E-state index is -0.780. The van der Waals surface area contributed by atoms with E-state index in [1.54, 1.807) is 12.1 Å². The fourth-order valence-corrected chi connectivity index (χ4v) is 2.69. The van der Waals surface area contributed by atoms with Gasteiger partial charge < -0.3 is 14.5 Å². The Labute approximate surface area is 166 Å². The summed E-state index contributed by atoms with van der Waals surface area (Å²) in [5, 5.41) is 13.4. The maximum Gasteiger partial charge on any atom is 0.374 e. The Bertz CT molecular complexity index is 1040.